The summed E-state index contributed by atoms with van der Waals surface area (Å²) >= 11 is 0. The predicted molar refractivity (Wildman–Crippen MR) is 56.2 cm³/mol. The molecule has 0 rings (SSSR count). The molecular formula is C11H17F3O3. The van der Waals surface area contributed by atoms with E-state index in [0.717, 1.165) is 0 Å². The van der Waals surface area contributed by atoms with Gasteiger partial charge in [0, 0.05) is 5.57 Å². The largest absolute Gasteiger partial charge is 0.522 e. The van der Waals surface area contributed by atoms with E-state index < -0.39 is 18.4 Å². The van der Waals surface area contributed by atoms with Gasteiger partial charge in [-0.3, -0.25) is 4.74 Å². The van der Waals surface area contributed by atoms with E-state index in [4.69, 9.17) is 4.74 Å². The van der Waals surface area contributed by atoms with Crippen LogP contribution < -0.4 is 0 Å². The summed E-state index contributed by atoms with van der Waals surface area (Å²) in [5.41, 5.74) is 0.261. The molecule has 0 saturated carbocycles. The maximum Gasteiger partial charge on any atom is 0.522 e. The summed E-state index contributed by atoms with van der Waals surface area (Å²) in [4.78, 5) is 11.0. The highest BCUT2D eigenvalue weighted by Crippen LogP contribution is 2.23. The lowest BCUT2D eigenvalue weighted by atomic mass is 10.0. The van der Waals surface area contributed by atoms with Gasteiger partial charge < -0.3 is 4.74 Å². The zero-order valence-corrected chi connectivity index (χ0v) is 10.1. The molecule has 6 heteroatoms. The second-order valence-electron chi connectivity index (χ2n) is 3.95. The summed E-state index contributed by atoms with van der Waals surface area (Å²) in [6.07, 6.45) is -5.31. The van der Waals surface area contributed by atoms with Crippen molar-refractivity contribution >= 4 is 5.97 Å². The average Bonchev–Trinajstić information content (AvgIpc) is 2.14. The number of carbonyl (C=O) groups excluding carboxylic acids is 1. The normalized spacial score (nSPS) is 15.2. The van der Waals surface area contributed by atoms with Crippen LogP contribution in [0.2, 0.25) is 0 Å². The van der Waals surface area contributed by atoms with Gasteiger partial charge in [-0.25, -0.2) is 4.79 Å². The van der Waals surface area contributed by atoms with Crippen molar-refractivity contribution < 1.29 is 27.4 Å². The Kier molecular flexibility index (Phi) is 6.23. The van der Waals surface area contributed by atoms with E-state index in [1.165, 1.54) is 13.8 Å². The third kappa shape index (κ3) is 7.79. The first kappa shape index (κ1) is 16.0. The molecule has 0 aliphatic rings. The standard InChI is InChI=1S/C11H17F3O3/c1-7(2)10(15)16-6-5-8(3)9(4)17-11(12,13)14/h8-9H,1,5-6H2,2-4H3. The van der Waals surface area contributed by atoms with Crippen LogP contribution in [0.1, 0.15) is 27.2 Å². The molecule has 0 aromatic heterocycles. The van der Waals surface area contributed by atoms with Gasteiger partial charge >= 0.3 is 12.3 Å². The van der Waals surface area contributed by atoms with Crippen molar-refractivity contribution in [3.05, 3.63) is 12.2 Å². The number of carbonyl (C=O) groups is 1. The third-order valence-corrected chi connectivity index (χ3v) is 2.28. The number of ether oxygens (including phenoxy) is 2. The summed E-state index contributed by atoms with van der Waals surface area (Å²) in [5.74, 6) is -0.906. The molecule has 0 saturated heterocycles. The highest BCUT2D eigenvalue weighted by Gasteiger charge is 2.33. The quantitative estimate of drug-likeness (QED) is 0.540. The Morgan fingerprint density at radius 3 is 2.29 bits per heavy atom. The van der Waals surface area contributed by atoms with Crippen molar-refractivity contribution in [1.82, 2.24) is 0 Å². The van der Waals surface area contributed by atoms with E-state index in [-0.39, 0.29) is 18.1 Å². The van der Waals surface area contributed by atoms with Crippen LogP contribution in [0.25, 0.3) is 0 Å². The van der Waals surface area contributed by atoms with Crippen molar-refractivity contribution in [3.63, 3.8) is 0 Å². The first-order valence-electron chi connectivity index (χ1n) is 5.20. The Morgan fingerprint density at radius 1 is 1.35 bits per heavy atom. The van der Waals surface area contributed by atoms with Crippen molar-refractivity contribution in [2.24, 2.45) is 5.92 Å². The molecule has 17 heavy (non-hydrogen) atoms. The molecule has 0 aliphatic heterocycles. The van der Waals surface area contributed by atoms with Crippen LogP contribution in [0.15, 0.2) is 12.2 Å². The topological polar surface area (TPSA) is 35.5 Å². The van der Waals surface area contributed by atoms with Crippen molar-refractivity contribution in [3.8, 4) is 0 Å². The molecule has 0 bridgehead atoms. The minimum absolute atomic E-state index is 0.0540. The molecular weight excluding hydrogens is 237 g/mol. The highest BCUT2D eigenvalue weighted by molar-refractivity contribution is 5.86. The lowest BCUT2D eigenvalue weighted by Gasteiger charge is -2.21. The second kappa shape index (κ2) is 6.64. The molecule has 0 spiro atoms. The maximum atomic E-state index is 11.9. The minimum atomic E-state index is -4.64. The van der Waals surface area contributed by atoms with Crippen molar-refractivity contribution in [2.45, 2.75) is 39.7 Å². The molecule has 100 valence electrons. The summed E-state index contributed by atoms with van der Waals surface area (Å²) in [7, 11) is 0. The van der Waals surface area contributed by atoms with E-state index >= 15 is 0 Å². The zero-order valence-electron chi connectivity index (χ0n) is 10.1. The molecule has 2 atom stereocenters. The molecule has 0 aromatic rings. The lowest BCUT2D eigenvalue weighted by molar-refractivity contribution is -0.345. The Morgan fingerprint density at radius 2 is 1.88 bits per heavy atom. The average molecular weight is 254 g/mol. The second-order valence-corrected chi connectivity index (χ2v) is 3.95. The van der Waals surface area contributed by atoms with E-state index in [2.05, 4.69) is 11.3 Å². The molecule has 2 unspecified atom stereocenters. The Labute approximate surface area is 98.6 Å². The molecule has 0 radical (unpaired) electrons. The molecule has 0 fully saturated rings. The number of rotatable bonds is 6. The Hall–Kier alpha value is -1.04. The van der Waals surface area contributed by atoms with Gasteiger partial charge in [-0.2, -0.15) is 0 Å². The number of hydrogen-bond acceptors (Lipinski definition) is 3. The van der Waals surface area contributed by atoms with Crippen LogP contribution in [0.4, 0.5) is 13.2 Å². The van der Waals surface area contributed by atoms with Crippen LogP contribution in [0.5, 0.6) is 0 Å². The Balaban J connectivity index is 3.90. The van der Waals surface area contributed by atoms with Gasteiger partial charge in [0.05, 0.1) is 12.7 Å². The first-order valence-corrected chi connectivity index (χ1v) is 5.20. The summed E-state index contributed by atoms with van der Waals surface area (Å²) in [6, 6.07) is 0. The first-order chi connectivity index (χ1) is 7.63. The fourth-order valence-corrected chi connectivity index (χ4v) is 1.02. The molecule has 0 aliphatic carbocycles. The van der Waals surface area contributed by atoms with Gasteiger partial charge in [0.1, 0.15) is 0 Å². The van der Waals surface area contributed by atoms with Gasteiger partial charge in [0.2, 0.25) is 0 Å². The maximum absolute atomic E-state index is 11.9. The molecule has 0 N–H and O–H groups in total. The predicted octanol–water partition coefficient (Wildman–Crippen LogP) is 3.06. The van der Waals surface area contributed by atoms with Gasteiger partial charge in [-0.1, -0.05) is 13.5 Å². The highest BCUT2D eigenvalue weighted by atomic mass is 19.4. The molecule has 0 aromatic carbocycles. The Bertz CT molecular complexity index is 274. The monoisotopic (exact) mass is 254 g/mol. The van der Waals surface area contributed by atoms with Crippen LogP contribution in [0.3, 0.4) is 0 Å². The van der Waals surface area contributed by atoms with Gasteiger partial charge in [0.15, 0.2) is 0 Å². The summed E-state index contributed by atoms with van der Waals surface area (Å²) < 4.78 is 44.3. The van der Waals surface area contributed by atoms with Crippen molar-refractivity contribution in [1.29, 1.82) is 0 Å². The van der Waals surface area contributed by atoms with Crippen LogP contribution in [0, 0.1) is 5.92 Å². The number of alkyl halides is 3. The lowest BCUT2D eigenvalue weighted by Crippen LogP contribution is -2.27. The smallest absolute Gasteiger partial charge is 0.462 e. The van der Waals surface area contributed by atoms with Gasteiger partial charge in [-0.15, -0.1) is 13.2 Å². The zero-order chi connectivity index (χ0) is 13.6. The van der Waals surface area contributed by atoms with Crippen LogP contribution >= 0.6 is 0 Å². The number of esters is 1. The fourth-order valence-electron chi connectivity index (χ4n) is 1.02. The third-order valence-electron chi connectivity index (χ3n) is 2.28. The molecule has 0 heterocycles. The number of halogens is 3. The van der Waals surface area contributed by atoms with Crippen molar-refractivity contribution in [2.75, 3.05) is 6.61 Å². The molecule has 0 amide bonds. The minimum Gasteiger partial charge on any atom is -0.462 e. The summed E-state index contributed by atoms with van der Waals surface area (Å²) in [6.45, 7) is 7.88. The van der Waals surface area contributed by atoms with E-state index in [1.54, 1.807) is 6.92 Å². The van der Waals surface area contributed by atoms with Gasteiger partial charge in [0.25, 0.3) is 0 Å². The number of hydrogen-bond donors (Lipinski definition) is 0. The molecule has 3 nitrogen and oxygen atoms in total. The van der Waals surface area contributed by atoms with Crippen LogP contribution in [-0.2, 0) is 14.3 Å². The summed E-state index contributed by atoms with van der Waals surface area (Å²) in [5, 5.41) is 0. The van der Waals surface area contributed by atoms with E-state index in [1.807, 2.05) is 0 Å². The SMILES string of the molecule is C=C(C)C(=O)OCCC(C)C(C)OC(F)(F)F. The fraction of sp³-hybridized carbons (Fsp3) is 0.727. The van der Waals surface area contributed by atoms with Gasteiger partial charge in [-0.05, 0) is 26.2 Å². The van der Waals surface area contributed by atoms with Crippen LogP contribution in [-0.4, -0.2) is 25.0 Å². The van der Waals surface area contributed by atoms with E-state index in [9.17, 15) is 18.0 Å². The van der Waals surface area contributed by atoms with E-state index in [0.29, 0.717) is 6.42 Å².